The summed E-state index contributed by atoms with van der Waals surface area (Å²) in [6, 6.07) is 9.08. The van der Waals surface area contributed by atoms with Crippen LogP contribution in [0.2, 0.25) is 0 Å². The zero-order valence-electron chi connectivity index (χ0n) is 18.7. The van der Waals surface area contributed by atoms with E-state index in [0.717, 1.165) is 0 Å². The SMILES string of the molecule is OCCOCCOCCOCCOCCOCCOCCOCC(O)Oc1ccccc1. The number of rotatable bonds is 24. The molecule has 0 aliphatic carbocycles. The lowest BCUT2D eigenvalue weighted by Crippen LogP contribution is -2.23. The number of aliphatic hydroxyl groups is 2. The lowest BCUT2D eigenvalue weighted by atomic mass is 10.3. The number of ether oxygens (including phenoxy) is 8. The van der Waals surface area contributed by atoms with Crippen LogP contribution >= 0.6 is 0 Å². The van der Waals surface area contributed by atoms with Crippen LogP contribution in [0.15, 0.2) is 30.3 Å². The third-order valence-electron chi connectivity index (χ3n) is 3.74. The first-order valence-corrected chi connectivity index (χ1v) is 10.9. The van der Waals surface area contributed by atoms with Crippen molar-refractivity contribution in [2.24, 2.45) is 0 Å². The van der Waals surface area contributed by atoms with E-state index in [1.807, 2.05) is 18.2 Å². The highest BCUT2D eigenvalue weighted by Crippen LogP contribution is 2.09. The first kappa shape index (κ1) is 28.7. The van der Waals surface area contributed by atoms with Crippen LogP contribution in [0.5, 0.6) is 5.75 Å². The van der Waals surface area contributed by atoms with E-state index in [0.29, 0.717) is 91.6 Å². The Bertz CT molecular complexity index is 491. The van der Waals surface area contributed by atoms with E-state index in [4.69, 9.17) is 43.0 Å². The molecule has 10 nitrogen and oxygen atoms in total. The number of para-hydroxylation sites is 1. The van der Waals surface area contributed by atoms with Crippen LogP contribution in [0.3, 0.4) is 0 Å². The predicted octanol–water partition coefficient (Wildman–Crippen LogP) is 0.492. The van der Waals surface area contributed by atoms with Gasteiger partial charge in [0.15, 0.2) is 0 Å². The second kappa shape index (κ2) is 22.8. The smallest absolute Gasteiger partial charge is 0.221 e. The van der Waals surface area contributed by atoms with Crippen molar-refractivity contribution in [3.63, 3.8) is 0 Å². The average molecular weight is 463 g/mol. The van der Waals surface area contributed by atoms with Gasteiger partial charge in [-0.15, -0.1) is 0 Å². The minimum Gasteiger partial charge on any atom is -0.463 e. The topological polar surface area (TPSA) is 114 Å². The molecule has 0 amide bonds. The molecule has 1 unspecified atom stereocenters. The lowest BCUT2D eigenvalue weighted by Gasteiger charge is -2.13. The standard InChI is InChI=1S/C22H38O10/c23-6-7-25-8-9-26-10-11-27-12-13-28-14-15-29-16-17-30-18-19-31-20-22(24)32-21-4-2-1-3-5-21/h1-5,22-24H,6-20H2. The van der Waals surface area contributed by atoms with Crippen molar-refractivity contribution in [1.82, 2.24) is 0 Å². The fraction of sp³-hybridized carbons (Fsp3) is 0.727. The average Bonchev–Trinajstić information content (AvgIpc) is 2.80. The van der Waals surface area contributed by atoms with Gasteiger partial charge >= 0.3 is 0 Å². The van der Waals surface area contributed by atoms with Crippen molar-refractivity contribution >= 4 is 0 Å². The Morgan fingerprint density at radius 3 is 1.31 bits per heavy atom. The maximum Gasteiger partial charge on any atom is 0.221 e. The maximum atomic E-state index is 9.72. The molecule has 10 heteroatoms. The Balaban J connectivity index is 1.70. The van der Waals surface area contributed by atoms with Gasteiger partial charge < -0.3 is 48.1 Å². The molecular weight excluding hydrogens is 424 g/mol. The molecule has 0 fully saturated rings. The second-order valence-corrected chi connectivity index (χ2v) is 6.36. The largest absolute Gasteiger partial charge is 0.463 e. The first-order valence-electron chi connectivity index (χ1n) is 10.9. The summed E-state index contributed by atoms with van der Waals surface area (Å²) < 4.78 is 42.5. The Morgan fingerprint density at radius 2 is 0.906 bits per heavy atom. The predicted molar refractivity (Wildman–Crippen MR) is 116 cm³/mol. The van der Waals surface area contributed by atoms with Crippen LogP contribution in [0.1, 0.15) is 0 Å². The molecule has 0 spiro atoms. The molecule has 32 heavy (non-hydrogen) atoms. The molecule has 0 radical (unpaired) electrons. The van der Waals surface area contributed by atoms with Gasteiger partial charge in [-0.05, 0) is 12.1 Å². The van der Waals surface area contributed by atoms with Crippen molar-refractivity contribution in [1.29, 1.82) is 0 Å². The van der Waals surface area contributed by atoms with Crippen LogP contribution in [-0.4, -0.2) is 116 Å². The van der Waals surface area contributed by atoms with Crippen molar-refractivity contribution in [2.45, 2.75) is 6.29 Å². The molecule has 0 aromatic heterocycles. The van der Waals surface area contributed by atoms with Crippen LogP contribution in [0.4, 0.5) is 0 Å². The summed E-state index contributed by atoms with van der Waals surface area (Å²) in [5.74, 6) is 0.594. The molecule has 1 aromatic rings. The highest BCUT2D eigenvalue weighted by atomic mass is 16.6. The van der Waals surface area contributed by atoms with E-state index in [1.165, 1.54) is 0 Å². The van der Waals surface area contributed by atoms with Gasteiger partial charge in [-0.2, -0.15) is 0 Å². The molecule has 2 N–H and O–H groups in total. The van der Waals surface area contributed by atoms with Gasteiger partial charge in [-0.25, -0.2) is 0 Å². The Morgan fingerprint density at radius 1 is 0.531 bits per heavy atom. The van der Waals surface area contributed by atoms with E-state index in [9.17, 15) is 5.11 Å². The molecule has 0 saturated carbocycles. The van der Waals surface area contributed by atoms with Gasteiger partial charge in [0.05, 0.1) is 92.5 Å². The summed E-state index contributed by atoms with van der Waals surface area (Å²) in [4.78, 5) is 0. The number of hydrogen-bond donors (Lipinski definition) is 2. The van der Waals surface area contributed by atoms with E-state index in [2.05, 4.69) is 0 Å². The molecule has 1 rings (SSSR count). The molecule has 0 saturated heterocycles. The minimum atomic E-state index is -1.01. The molecule has 186 valence electrons. The summed E-state index contributed by atoms with van der Waals surface area (Å²) in [5.41, 5.74) is 0. The normalized spacial score (nSPS) is 12.2. The van der Waals surface area contributed by atoms with Gasteiger partial charge in [0.2, 0.25) is 6.29 Å². The van der Waals surface area contributed by atoms with Gasteiger partial charge in [0.25, 0.3) is 0 Å². The zero-order valence-corrected chi connectivity index (χ0v) is 18.7. The van der Waals surface area contributed by atoms with Crippen LogP contribution < -0.4 is 4.74 Å². The molecule has 0 bridgehead atoms. The van der Waals surface area contributed by atoms with E-state index >= 15 is 0 Å². The maximum absolute atomic E-state index is 9.72. The van der Waals surface area contributed by atoms with Crippen LogP contribution in [-0.2, 0) is 33.2 Å². The fourth-order valence-corrected chi connectivity index (χ4v) is 2.26. The Hall–Kier alpha value is -1.34. The third kappa shape index (κ3) is 19.4. The number of benzene rings is 1. The van der Waals surface area contributed by atoms with Gasteiger partial charge in [-0.1, -0.05) is 18.2 Å². The molecule has 1 atom stereocenters. The van der Waals surface area contributed by atoms with Crippen molar-refractivity contribution in [3.05, 3.63) is 30.3 Å². The highest BCUT2D eigenvalue weighted by Gasteiger charge is 2.05. The second-order valence-electron chi connectivity index (χ2n) is 6.36. The van der Waals surface area contributed by atoms with Crippen molar-refractivity contribution < 1.29 is 48.1 Å². The highest BCUT2D eigenvalue weighted by molar-refractivity contribution is 5.20. The summed E-state index contributed by atoms with van der Waals surface area (Å²) in [7, 11) is 0. The monoisotopic (exact) mass is 462 g/mol. The minimum absolute atomic E-state index is 0.0243. The number of aliphatic hydroxyl groups excluding tert-OH is 2. The molecule has 0 aliphatic rings. The van der Waals surface area contributed by atoms with E-state index in [-0.39, 0.29) is 13.2 Å². The summed E-state index contributed by atoms with van der Waals surface area (Å²) in [6.07, 6.45) is -1.01. The Labute approximate surface area is 190 Å². The Kier molecular flexibility index (Phi) is 20.5. The summed E-state index contributed by atoms with van der Waals surface area (Å²) >= 11 is 0. The van der Waals surface area contributed by atoms with E-state index in [1.54, 1.807) is 12.1 Å². The van der Waals surface area contributed by atoms with Gasteiger partial charge in [0, 0.05) is 0 Å². The van der Waals surface area contributed by atoms with Gasteiger partial charge in [0.1, 0.15) is 12.4 Å². The number of hydrogen-bond acceptors (Lipinski definition) is 10. The molecule has 1 aromatic carbocycles. The molecule has 0 heterocycles. The summed E-state index contributed by atoms with van der Waals surface area (Å²) in [6.45, 7) is 6.06. The van der Waals surface area contributed by atoms with Crippen molar-refractivity contribution in [3.8, 4) is 5.75 Å². The van der Waals surface area contributed by atoms with Crippen molar-refractivity contribution in [2.75, 3.05) is 99.1 Å². The van der Waals surface area contributed by atoms with E-state index < -0.39 is 6.29 Å². The van der Waals surface area contributed by atoms with Gasteiger partial charge in [-0.3, -0.25) is 0 Å². The molecular formula is C22H38O10. The quantitative estimate of drug-likeness (QED) is 0.166. The zero-order chi connectivity index (χ0) is 23.0. The first-order chi connectivity index (χ1) is 15.8. The van der Waals surface area contributed by atoms with Crippen LogP contribution in [0.25, 0.3) is 0 Å². The van der Waals surface area contributed by atoms with Crippen LogP contribution in [0, 0.1) is 0 Å². The summed E-state index contributed by atoms with van der Waals surface area (Å²) in [5, 5.41) is 18.3. The lowest BCUT2D eigenvalue weighted by molar-refractivity contribution is -0.0860. The fourth-order valence-electron chi connectivity index (χ4n) is 2.26. The third-order valence-corrected chi connectivity index (χ3v) is 3.74. The molecule has 0 aliphatic heterocycles.